The van der Waals surface area contributed by atoms with Crippen LogP contribution in [0.2, 0.25) is 0 Å². The van der Waals surface area contributed by atoms with Gasteiger partial charge in [-0.15, -0.1) is 0 Å². The number of hydrogen-bond donors (Lipinski definition) is 0. The van der Waals surface area contributed by atoms with E-state index in [1.54, 1.807) is 0 Å². The van der Waals surface area contributed by atoms with Gasteiger partial charge in [0.05, 0.1) is 0 Å². The molecule has 94 valence electrons. The van der Waals surface area contributed by atoms with Gasteiger partial charge in [0.2, 0.25) is 0 Å². The Hall–Kier alpha value is -1.08. The highest BCUT2D eigenvalue weighted by Gasteiger charge is 2.07. The zero-order chi connectivity index (χ0) is 12.8. The molecule has 0 fully saturated rings. The van der Waals surface area contributed by atoms with Crippen LogP contribution in [0.25, 0.3) is 0 Å². The molecule has 0 radical (unpaired) electrons. The fourth-order valence-corrected chi connectivity index (χ4v) is 2.73. The highest BCUT2D eigenvalue weighted by molar-refractivity contribution is 9.09. The largest absolute Gasteiger partial charge is 0.0887 e. The van der Waals surface area contributed by atoms with Crippen LogP contribution in [0.1, 0.15) is 23.1 Å². The summed E-state index contributed by atoms with van der Waals surface area (Å²) in [6.07, 6.45) is 3.43. The Morgan fingerprint density at radius 3 is 2.33 bits per heavy atom. The molecule has 18 heavy (non-hydrogen) atoms. The lowest BCUT2D eigenvalue weighted by molar-refractivity contribution is 0.761. The van der Waals surface area contributed by atoms with Gasteiger partial charge in [0, 0.05) is 4.83 Å². The van der Waals surface area contributed by atoms with Crippen molar-refractivity contribution in [1.29, 1.82) is 0 Å². The molecular weight excluding hydrogens is 284 g/mol. The summed E-state index contributed by atoms with van der Waals surface area (Å²) in [5.74, 6) is 0. The Bertz CT molecular complexity index is 476. The van der Waals surface area contributed by atoms with Crippen molar-refractivity contribution in [1.82, 2.24) is 0 Å². The molecule has 2 rings (SSSR count). The molecule has 0 amide bonds. The monoisotopic (exact) mass is 302 g/mol. The molecule has 2 aromatic carbocycles. The maximum absolute atomic E-state index is 3.81. The molecule has 0 saturated heterocycles. The van der Waals surface area contributed by atoms with Crippen LogP contribution in [-0.2, 0) is 12.8 Å². The Morgan fingerprint density at radius 1 is 0.944 bits per heavy atom. The summed E-state index contributed by atoms with van der Waals surface area (Å²) in [5.41, 5.74) is 4.26. The molecule has 0 nitrogen and oxygen atoms in total. The predicted octanol–water partition coefficient (Wildman–Crippen LogP) is 4.93. The topological polar surface area (TPSA) is 0 Å². The number of hydrogen-bond acceptors (Lipinski definition) is 0. The standard InChI is InChI=1S/C17H19Br/c1-14-7-5-6-10-16(14)13-17(18)12-11-15-8-3-2-4-9-15/h2-10,17H,11-13H2,1H3. The van der Waals surface area contributed by atoms with E-state index in [0.29, 0.717) is 4.83 Å². The first kappa shape index (κ1) is 13.4. The zero-order valence-electron chi connectivity index (χ0n) is 10.8. The van der Waals surface area contributed by atoms with E-state index < -0.39 is 0 Å². The van der Waals surface area contributed by atoms with Crippen LogP contribution in [0.15, 0.2) is 54.6 Å². The second-order valence-electron chi connectivity index (χ2n) is 4.75. The van der Waals surface area contributed by atoms with E-state index in [4.69, 9.17) is 0 Å². The van der Waals surface area contributed by atoms with Gasteiger partial charge in [-0.25, -0.2) is 0 Å². The second-order valence-corrected chi connectivity index (χ2v) is 6.05. The van der Waals surface area contributed by atoms with Crippen LogP contribution in [-0.4, -0.2) is 4.83 Å². The Labute approximate surface area is 118 Å². The molecule has 0 bridgehead atoms. The van der Waals surface area contributed by atoms with Crippen molar-refractivity contribution in [3.63, 3.8) is 0 Å². The summed E-state index contributed by atoms with van der Waals surface area (Å²) in [4.78, 5) is 0.554. The first-order valence-corrected chi connectivity index (χ1v) is 7.40. The molecule has 0 aliphatic heterocycles. The summed E-state index contributed by atoms with van der Waals surface area (Å²) in [5, 5.41) is 0. The first-order chi connectivity index (χ1) is 8.75. The van der Waals surface area contributed by atoms with Gasteiger partial charge in [-0.2, -0.15) is 0 Å². The summed E-state index contributed by atoms with van der Waals surface area (Å²) >= 11 is 3.81. The van der Waals surface area contributed by atoms with E-state index in [0.717, 1.165) is 12.8 Å². The number of aryl methyl sites for hydroxylation is 2. The van der Waals surface area contributed by atoms with Crippen LogP contribution < -0.4 is 0 Å². The summed E-state index contributed by atoms with van der Waals surface area (Å²) < 4.78 is 0. The Balaban J connectivity index is 1.86. The van der Waals surface area contributed by atoms with Gasteiger partial charge in [-0.1, -0.05) is 70.5 Å². The average Bonchev–Trinajstić information content (AvgIpc) is 2.40. The van der Waals surface area contributed by atoms with Crippen molar-refractivity contribution in [3.8, 4) is 0 Å². The third kappa shape index (κ3) is 3.99. The van der Waals surface area contributed by atoms with Gasteiger partial charge >= 0.3 is 0 Å². The van der Waals surface area contributed by atoms with E-state index in [9.17, 15) is 0 Å². The van der Waals surface area contributed by atoms with Crippen molar-refractivity contribution in [2.75, 3.05) is 0 Å². The van der Waals surface area contributed by atoms with Crippen LogP contribution in [0.3, 0.4) is 0 Å². The molecule has 0 saturated carbocycles. The first-order valence-electron chi connectivity index (χ1n) is 6.48. The fraction of sp³-hybridized carbons (Fsp3) is 0.294. The Kier molecular flexibility index (Phi) is 5.00. The molecule has 0 aromatic heterocycles. The lowest BCUT2D eigenvalue weighted by atomic mass is 10.0. The molecule has 0 aliphatic rings. The average molecular weight is 303 g/mol. The lowest BCUT2D eigenvalue weighted by Crippen LogP contribution is -2.05. The molecule has 1 heteroatoms. The van der Waals surface area contributed by atoms with Crippen LogP contribution >= 0.6 is 15.9 Å². The van der Waals surface area contributed by atoms with Crippen molar-refractivity contribution in [3.05, 3.63) is 71.3 Å². The van der Waals surface area contributed by atoms with Gasteiger partial charge < -0.3 is 0 Å². The molecular formula is C17H19Br. The van der Waals surface area contributed by atoms with E-state index in [2.05, 4.69) is 77.5 Å². The number of rotatable bonds is 5. The second kappa shape index (κ2) is 6.75. The minimum absolute atomic E-state index is 0.554. The molecule has 0 heterocycles. The molecule has 1 unspecified atom stereocenters. The summed E-state index contributed by atoms with van der Waals surface area (Å²) in [7, 11) is 0. The third-order valence-electron chi connectivity index (χ3n) is 3.29. The summed E-state index contributed by atoms with van der Waals surface area (Å²) in [6, 6.07) is 19.3. The highest BCUT2D eigenvalue weighted by atomic mass is 79.9. The van der Waals surface area contributed by atoms with Gasteiger partial charge in [0.1, 0.15) is 0 Å². The van der Waals surface area contributed by atoms with E-state index >= 15 is 0 Å². The molecule has 0 N–H and O–H groups in total. The van der Waals surface area contributed by atoms with Crippen LogP contribution in [0.4, 0.5) is 0 Å². The third-order valence-corrected chi connectivity index (χ3v) is 4.07. The SMILES string of the molecule is Cc1ccccc1CC(Br)CCc1ccccc1. The lowest BCUT2D eigenvalue weighted by Gasteiger charge is -2.11. The van der Waals surface area contributed by atoms with Crippen molar-refractivity contribution < 1.29 is 0 Å². The van der Waals surface area contributed by atoms with E-state index in [-0.39, 0.29) is 0 Å². The van der Waals surface area contributed by atoms with Crippen LogP contribution in [0.5, 0.6) is 0 Å². The number of benzene rings is 2. The van der Waals surface area contributed by atoms with Crippen molar-refractivity contribution in [2.45, 2.75) is 31.0 Å². The predicted molar refractivity (Wildman–Crippen MR) is 82.4 cm³/mol. The van der Waals surface area contributed by atoms with Gasteiger partial charge in [0.15, 0.2) is 0 Å². The molecule has 2 aromatic rings. The number of alkyl halides is 1. The van der Waals surface area contributed by atoms with Gasteiger partial charge in [-0.3, -0.25) is 0 Å². The minimum Gasteiger partial charge on any atom is -0.0887 e. The summed E-state index contributed by atoms with van der Waals surface area (Å²) in [6.45, 7) is 2.19. The van der Waals surface area contributed by atoms with E-state index in [1.807, 2.05) is 0 Å². The maximum Gasteiger partial charge on any atom is 0.0189 e. The number of halogens is 1. The normalized spacial score (nSPS) is 12.3. The van der Waals surface area contributed by atoms with Crippen molar-refractivity contribution in [2.24, 2.45) is 0 Å². The zero-order valence-corrected chi connectivity index (χ0v) is 12.4. The molecule has 0 aliphatic carbocycles. The van der Waals surface area contributed by atoms with Gasteiger partial charge in [0.25, 0.3) is 0 Å². The fourth-order valence-electron chi connectivity index (χ4n) is 2.15. The van der Waals surface area contributed by atoms with Crippen molar-refractivity contribution >= 4 is 15.9 Å². The smallest absolute Gasteiger partial charge is 0.0189 e. The quantitative estimate of drug-likeness (QED) is 0.687. The molecule has 1 atom stereocenters. The van der Waals surface area contributed by atoms with E-state index in [1.165, 1.54) is 23.1 Å². The van der Waals surface area contributed by atoms with Gasteiger partial charge in [-0.05, 0) is 42.9 Å². The van der Waals surface area contributed by atoms with Crippen LogP contribution in [0, 0.1) is 6.92 Å². The molecule has 0 spiro atoms. The minimum atomic E-state index is 0.554. The Morgan fingerprint density at radius 2 is 1.61 bits per heavy atom. The highest BCUT2D eigenvalue weighted by Crippen LogP contribution is 2.18. The maximum atomic E-state index is 3.81.